The number of alkyl halides is 3. The van der Waals surface area contributed by atoms with Gasteiger partial charge in [0.15, 0.2) is 0 Å². The number of carbonyl (C=O) groups is 1. The molecule has 3 aromatic carbocycles. The lowest BCUT2D eigenvalue weighted by molar-refractivity contribution is -0.137. The SMILES string of the molecule is CCCCc1nn(-c2ccccc2C(F)(F)F)c(=O)n1Cc1ccc(-c2ccc(S(=O)(=O)NC(=O)c3cccn3C)cc2)cc1. The molecule has 45 heavy (non-hydrogen) atoms. The Kier molecular flexibility index (Phi) is 8.82. The van der Waals surface area contributed by atoms with Gasteiger partial charge < -0.3 is 4.57 Å². The third-order valence-electron chi connectivity index (χ3n) is 7.33. The van der Waals surface area contributed by atoms with Gasteiger partial charge in [0.1, 0.15) is 11.5 Å². The van der Waals surface area contributed by atoms with Gasteiger partial charge >= 0.3 is 11.9 Å². The number of nitrogens with one attached hydrogen (secondary N) is 1. The zero-order chi connectivity index (χ0) is 32.4. The number of unbranched alkanes of at least 4 members (excludes halogenated alkanes) is 1. The van der Waals surface area contributed by atoms with Gasteiger partial charge in [0.2, 0.25) is 0 Å². The van der Waals surface area contributed by atoms with Crippen molar-refractivity contribution in [1.29, 1.82) is 0 Å². The van der Waals surface area contributed by atoms with Crippen molar-refractivity contribution in [3.05, 3.63) is 124 Å². The Labute approximate surface area is 257 Å². The van der Waals surface area contributed by atoms with Gasteiger partial charge in [-0.25, -0.2) is 17.9 Å². The van der Waals surface area contributed by atoms with E-state index in [1.54, 1.807) is 55.7 Å². The van der Waals surface area contributed by atoms with E-state index in [9.17, 15) is 31.2 Å². The minimum atomic E-state index is -4.66. The monoisotopic (exact) mass is 637 g/mol. The van der Waals surface area contributed by atoms with E-state index >= 15 is 0 Å². The molecule has 2 aromatic heterocycles. The number of aryl methyl sites for hydroxylation is 2. The molecule has 1 amide bonds. The van der Waals surface area contributed by atoms with Crippen molar-refractivity contribution in [3.8, 4) is 16.8 Å². The van der Waals surface area contributed by atoms with E-state index in [1.165, 1.54) is 45.5 Å². The summed E-state index contributed by atoms with van der Waals surface area (Å²) in [6.45, 7) is 2.07. The van der Waals surface area contributed by atoms with Crippen molar-refractivity contribution < 1.29 is 26.4 Å². The van der Waals surface area contributed by atoms with Gasteiger partial charge in [0.05, 0.1) is 22.7 Å². The van der Waals surface area contributed by atoms with Crippen molar-refractivity contribution in [1.82, 2.24) is 23.6 Å². The highest BCUT2D eigenvalue weighted by molar-refractivity contribution is 7.90. The summed E-state index contributed by atoms with van der Waals surface area (Å²) < 4.78 is 72.4. The average molecular weight is 638 g/mol. The first-order valence-corrected chi connectivity index (χ1v) is 15.6. The molecule has 0 atom stereocenters. The summed E-state index contributed by atoms with van der Waals surface area (Å²) in [6.07, 6.45) is -1.08. The molecule has 0 fully saturated rings. The molecule has 2 heterocycles. The fourth-order valence-corrected chi connectivity index (χ4v) is 5.87. The van der Waals surface area contributed by atoms with Gasteiger partial charge in [-0.2, -0.15) is 17.9 Å². The van der Waals surface area contributed by atoms with Crippen LogP contribution in [0.5, 0.6) is 0 Å². The molecule has 0 unspecified atom stereocenters. The van der Waals surface area contributed by atoms with Crippen LogP contribution in [0.1, 0.15) is 47.2 Å². The van der Waals surface area contributed by atoms with Crippen molar-refractivity contribution in [2.24, 2.45) is 7.05 Å². The van der Waals surface area contributed by atoms with Crippen LogP contribution in [-0.2, 0) is 36.2 Å². The van der Waals surface area contributed by atoms with E-state index in [0.29, 0.717) is 24.2 Å². The van der Waals surface area contributed by atoms with E-state index in [0.717, 1.165) is 28.3 Å². The summed E-state index contributed by atoms with van der Waals surface area (Å²) in [5.74, 6) is -0.354. The minimum Gasteiger partial charge on any atom is -0.347 e. The first-order valence-electron chi connectivity index (χ1n) is 14.1. The third kappa shape index (κ3) is 6.78. The highest BCUT2D eigenvalue weighted by Gasteiger charge is 2.35. The maximum atomic E-state index is 13.7. The Morgan fingerprint density at radius 2 is 1.56 bits per heavy atom. The Balaban J connectivity index is 1.37. The first kappa shape index (κ1) is 31.5. The number of sulfonamides is 1. The van der Waals surface area contributed by atoms with Crippen LogP contribution in [0.2, 0.25) is 0 Å². The lowest BCUT2D eigenvalue weighted by atomic mass is 10.0. The maximum absolute atomic E-state index is 13.7. The van der Waals surface area contributed by atoms with Crippen LogP contribution in [0.15, 0.2) is 101 Å². The van der Waals surface area contributed by atoms with Gasteiger partial charge in [0, 0.05) is 19.7 Å². The van der Waals surface area contributed by atoms with Crippen molar-refractivity contribution in [3.63, 3.8) is 0 Å². The molecule has 13 heteroatoms. The second kappa shape index (κ2) is 12.6. The number of amides is 1. The second-order valence-electron chi connectivity index (χ2n) is 10.5. The highest BCUT2D eigenvalue weighted by atomic mass is 32.2. The summed E-state index contributed by atoms with van der Waals surface area (Å²) in [7, 11) is -2.47. The lowest BCUT2D eigenvalue weighted by Crippen LogP contribution is -2.31. The predicted molar refractivity (Wildman–Crippen MR) is 162 cm³/mol. The second-order valence-corrected chi connectivity index (χ2v) is 12.2. The van der Waals surface area contributed by atoms with E-state index in [4.69, 9.17) is 0 Å². The van der Waals surface area contributed by atoms with Crippen molar-refractivity contribution in [2.75, 3.05) is 0 Å². The van der Waals surface area contributed by atoms with Crippen LogP contribution >= 0.6 is 0 Å². The van der Waals surface area contributed by atoms with Crippen molar-refractivity contribution >= 4 is 15.9 Å². The molecule has 9 nitrogen and oxygen atoms in total. The molecule has 0 saturated heterocycles. The predicted octanol–water partition coefficient (Wildman–Crippen LogP) is 5.57. The number of hydrogen-bond donors (Lipinski definition) is 1. The van der Waals surface area contributed by atoms with E-state index in [-0.39, 0.29) is 22.8 Å². The van der Waals surface area contributed by atoms with Crippen molar-refractivity contribution in [2.45, 2.75) is 43.8 Å². The Bertz CT molecular complexity index is 1990. The van der Waals surface area contributed by atoms with E-state index < -0.39 is 33.4 Å². The first-order chi connectivity index (χ1) is 21.4. The van der Waals surface area contributed by atoms with Gasteiger partial charge in [-0.05, 0) is 59.5 Å². The summed E-state index contributed by atoms with van der Waals surface area (Å²) >= 11 is 0. The standard InChI is InChI=1S/C32H30F3N5O4S/c1-3-4-11-29-36-40(27-9-6-5-8-26(27)32(33,34)35)31(42)39(29)21-22-12-14-23(15-13-22)24-16-18-25(19-17-24)45(43,44)37-30(41)28-10-7-20-38(28)2/h5-10,12-20H,3-4,11,21H2,1-2H3,(H,37,41). The fraction of sp³-hybridized carbons (Fsp3) is 0.219. The maximum Gasteiger partial charge on any atom is 0.418 e. The number of aromatic nitrogens is 4. The molecular formula is C32H30F3N5O4S. The molecule has 0 spiro atoms. The van der Waals surface area contributed by atoms with Crippen LogP contribution < -0.4 is 10.4 Å². The summed E-state index contributed by atoms with van der Waals surface area (Å²) in [5.41, 5.74) is 0.471. The minimum absolute atomic E-state index is 0.0754. The number of rotatable bonds is 10. The molecule has 1 N–H and O–H groups in total. The van der Waals surface area contributed by atoms with Crippen LogP contribution in [0.25, 0.3) is 16.8 Å². The smallest absolute Gasteiger partial charge is 0.347 e. The fourth-order valence-electron chi connectivity index (χ4n) is 4.91. The highest BCUT2D eigenvalue weighted by Crippen LogP contribution is 2.33. The third-order valence-corrected chi connectivity index (χ3v) is 8.67. The molecule has 0 radical (unpaired) electrons. The molecule has 0 bridgehead atoms. The summed E-state index contributed by atoms with van der Waals surface area (Å²) in [5, 5.41) is 4.31. The number of nitrogens with zero attached hydrogens (tertiary/aromatic N) is 4. The molecule has 0 saturated carbocycles. The largest absolute Gasteiger partial charge is 0.418 e. The zero-order valence-electron chi connectivity index (χ0n) is 24.5. The van der Waals surface area contributed by atoms with Gasteiger partial charge in [-0.15, -0.1) is 5.10 Å². The van der Waals surface area contributed by atoms with E-state index in [1.807, 2.05) is 6.92 Å². The van der Waals surface area contributed by atoms with E-state index in [2.05, 4.69) is 9.82 Å². The number of halogens is 3. The number of benzene rings is 3. The van der Waals surface area contributed by atoms with Gasteiger partial charge in [0.25, 0.3) is 15.9 Å². The number of carbonyl (C=O) groups excluding carboxylic acids is 1. The quantitative estimate of drug-likeness (QED) is 0.216. The van der Waals surface area contributed by atoms with Crippen LogP contribution in [0.3, 0.4) is 0 Å². The van der Waals surface area contributed by atoms with Crippen LogP contribution in [0.4, 0.5) is 13.2 Å². The Hall–Kier alpha value is -4.91. The zero-order valence-corrected chi connectivity index (χ0v) is 25.3. The van der Waals surface area contributed by atoms with Crippen LogP contribution in [0, 0.1) is 0 Å². The normalized spacial score (nSPS) is 11.9. The molecular weight excluding hydrogens is 607 g/mol. The lowest BCUT2D eigenvalue weighted by Gasteiger charge is -2.11. The number of hydrogen-bond acceptors (Lipinski definition) is 5. The molecule has 234 valence electrons. The Morgan fingerprint density at radius 3 is 2.16 bits per heavy atom. The topological polar surface area (TPSA) is 108 Å². The molecule has 0 aliphatic carbocycles. The number of para-hydroxylation sites is 1. The summed E-state index contributed by atoms with van der Waals surface area (Å²) in [6, 6.07) is 21.2. The summed E-state index contributed by atoms with van der Waals surface area (Å²) in [4.78, 5) is 25.7. The molecule has 0 aliphatic rings. The van der Waals surface area contributed by atoms with Crippen LogP contribution in [-0.4, -0.2) is 33.2 Å². The average Bonchev–Trinajstić information content (AvgIpc) is 3.58. The molecule has 5 aromatic rings. The Morgan fingerprint density at radius 1 is 0.911 bits per heavy atom. The van der Waals surface area contributed by atoms with Gasteiger partial charge in [-0.1, -0.05) is 61.9 Å². The molecule has 5 rings (SSSR count). The van der Waals surface area contributed by atoms with Gasteiger partial charge in [-0.3, -0.25) is 9.36 Å². The molecule has 0 aliphatic heterocycles.